The molecule has 6 atom stereocenters. The molecule has 1 saturated heterocycles. The van der Waals surface area contributed by atoms with Crippen LogP contribution in [0.2, 0.25) is 0 Å². The predicted octanol–water partition coefficient (Wildman–Crippen LogP) is 13.7. The monoisotopic (exact) mass is 1020 g/mol. The van der Waals surface area contributed by atoms with E-state index in [1.54, 1.807) is 0 Å². The Morgan fingerprint density at radius 3 is 1.32 bits per heavy atom. The topological polar surface area (TPSA) is 175 Å². The Labute approximate surface area is 439 Å². The highest BCUT2D eigenvalue weighted by molar-refractivity contribution is 5.74. The van der Waals surface area contributed by atoms with Crippen LogP contribution in [-0.2, 0) is 42.9 Å². The second-order valence-corrected chi connectivity index (χ2v) is 18.1. The Kier molecular flexibility index (Phi) is 43.6. The number of aliphatic carboxylic acids is 1. The number of ether oxygens (including phenoxy) is 5. The van der Waals surface area contributed by atoms with Crippen molar-refractivity contribution < 1.29 is 58.2 Å². The molecular weight excluding hydrogens is 925 g/mol. The van der Waals surface area contributed by atoms with Gasteiger partial charge >= 0.3 is 23.9 Å². The van der Waals surface area contributed by atoms with E-state index in [9.17, 15) is 34.5 Å². The highest BCUT2D eigenvalue weighted by atomic mass is 16.7. The van der Waals surface area contributed by atoms with E-state index in [0.29, 0.717) is 25.7 Å². The van der Waals surface area contributed by atoms with Crippen molar-refractivity contribution in [2.75, 3.05) is 13.2 Å². The summed E-state index contributed by atoms with van der Waals surface area (Å²) in [7, 11) is 0. The molecule has 12 nitrogen and oxygen atoms in total. The third kappa shape index (κ3) is 38.4. The first-order valence-corrected chi connectivity index (χ1v) is 27.5. The van der Waals surface area contributed by atoms with Crippen molar-refractivity contribution >= 4 is 23.9 Å². The van der Waals surface area contributed by atoms with Crippen molar-refractivity contribution in [2.45, 2.75) is 225 Å². The van der Waals surface area contributed by atoms with Crippen LogP contribution in [0, 0.1) is 0 Å². The van der Waals surface area contributed by atoms with Gasteiger partial charge in [0.2, 0.25) is 0 Å². The molecule has 0 amide bonds. The summed E-state index contributed by atoms with van der Waals surface area (Å²) in [5.74, 6) is -3.30. The van der Waals surface area contributed by atoms with Gasteiger partial charge in [0.1, 0.15) is 18.8 Å². The van der Waals surface area contributed by atoms with Gasteiger partial charge < -0.3 is 39.0 Å². The van der Waals surface area contributed by atoms with E-state index in [1.807, 2.05) is 12.2 Å². The molecule has 1 aliphatic rings. The number of carbonyl (C=O) groups is 4. The molecule has 3 N–H and O–H groups in total. The van der Waals surface area contributed by atoms with Crippen LogP contribution in [0.3, 0.4) is 0 Å². The van der Waals surface area contributed by atoms with Crippen LogP contribution in [0.4, 0.5) is 0 Å². The van der Waals surface area contributed by atoms with Crippen LogP contribution in [0.25, 0.3) is 0 Å². The number of aliphatic hydroxyl groups excluding tert-OH is 2. The molecule has 12 heteroatoms. The van der Waals surface area contributed by atoms with E-state index in [1.165, 1.54) is 0 Å². The molecule has 0 saturated carbocycles. The van der Waals surface area contributed by atoms with Crippen molar-refractivity contribution in [1.82, 2.24) is 0 Å². The zero-order chi connectivity index (χ0) is 53.3. The number of hydrogen-bond donors (Lipinski definition) is 3. The van der Waals surface area contributed by atoms with Crippen molar-refractivity contribution in [1.29, 1.82) is 0 Å². The van der Waals surface area contributed by atoms with Gasteiger partial charge in [0.15, 0.2) is 24.6 Å². The first kappa shape index (κ1) is 66.1. The third-order valence-electron chi connectivity index (χ3n) is 11.5. The number of allylic oxidation sites excluding steroid dienone is 20. The van der Waals surface area contributed by atoms with E-state index in [0.717, 1.165) is 122 Å². The zero-order valence-electron chi connectivity index (χ0n) is 44.8. The Balaban J connectivity index is 2.77. The highest BCUT2D eigenvalue weighted by Crippen LogP contribution is 2.26. The lowest BCUT2D eigenvalue weighted by atomic mass is 9.98. The maximum Gasteiger partial charge on any atom is 0.335 e. The summed E-state index contributed by atoms with van der Waals surface area (Å²) in [6, 6.07) is 0. The van der Waals surface area contributed by atoms with E-state index in [4.69, 9.17) is 23.7 Å². The van der Waals surface area contributed by atoms with Crippen LogP contribution in [0.15, 0.2) is 122 Å². The standard InChI is InChI=1S/C61H94O12/c1-4-7-10-13-16-19-22-25-26-27-28-31-32-35-38-41-44-47-53(62)69-50-52(71-54(63)48-45-42-39-36-33-29-23-20-17-14-11-8-5-2)51-70-61-59(57(66)56(65)58(73-61)60(67)68)72-55(64)49-46-43-40-37-34-30-24-21-18-15-12-9-6-3/h7-12,16-21,25-26,29-30,33-34,39,42,52,56-59,61,65-66H,4-6,13-15,22-24,27-28,31-32,35-38,40-41,43-51H2,1-3H3,(H,67,68)/b10-7-,11-8-,12-9-,19-16-,20-17-,21-18-,26-25-,33-29-,34-30-,42-39-. The molecule has 0 aromatic heterocycles. The molecule has 0 aromatic rings. The quantitative estimate of drug-likeness (QED) is 0.0228. The summed E-state index contributed by atoms with van der Waals surface area (Å²) in [5, 5.41) is 31.4. The molecule has 1 aliphatic heterocycles. The van der Waals surface area contributed by atoms with Gasteiger partial charge in [-0.2, -0.15) is 0 Å². The second kappa shape index (κ2) is 48.1. The molecule has 0 spiro atoms. The van der Waals surface area contributed by atoms with Gasteiger partial charge in [-0.25, -0.2) is 4.79 Å². The third-order valence-corrected chi connectivity index (χ3v) is 11.5. The number of esters is 3. The van der Waals surface area contributed by atoms with Gasteiger partial charge in [0, 0.05) is 19.3 Å². The Morgan fingerprint density at radius 2 is 0.849 bits per heavy atom. The van der Waals surface area contributed by atoms with Gasteiger partial charge in [0.05, 0.1) is 6.61 Å². The number of aliphatic hydroxyl groups is 2. The SMILES string of the molecule is CC/C=C\C/C=C\C/C=C\C/C=C\CCC(=O)OC(COC(=O)CCCCCCCCC/C=C\C/C=C\C/C=C\CC)COC1OC(C(=O)O)C(O)C(O)C1OC(=O)CCCCC/C=C\C/C=C\C/C=C\CC. The van der Waals surface area contributed by atoms with Crippen molar-refractivity contribution in [2.24, 2.45) is 0 Å². The molecule has 6 unspecified atom stereocenters. The first-order valence-electron chi connectivity index (χ1n) is 27.5. The Hall–Kier alpha value is -4.88. The normalized spacial score (nSPS) is 19.3. The maximum atomic E-state index is 13.1. The summed E-state index contributed by atoms with van der Waals surface area (Å²) in [5.41, 5.74) is 0. The number of unbranched alkanes of at least 4 members (excludes halogenated alkanes) is 10. The van der Waals surface area contributed by atoms with Crippen LogP contribution >= 0.6 is 0 Å². The van der Waals surface area contributed by atoms with Crippen molar-refractivity contribution in [3.8, 4) is 0 Å². The summed E-state index contributed by atoms with van der Waals surface area (Å²) in [4.78, 5) is 50.9. The fourth-order valence-corrected chi connectivity index (χ4v) is 7.41. The number of carboxylic acids is 1. The smallest absolute Gasteiger partial charge is 0.335 e. The molecule has 0 aromatic carbocycles. The van der Waals surface area contributed by atoms with Crippen LogP contribution in [-0.4, -0.2) is 89.2 Å². The molecule has 1 rings (SSSR count). The fourth-order valence-electron chi connectivity index (χ4n) is 7.41. The first-order chi connectivity index (χ1) is 35.6. The van der Waals surface area contributed by atoms with E-state index >= 15 is 0 Å². The largest absolute Gasteiger partial charge is 0.479 e. The molecule has 410 valence electrons. The molecule has 0 aliphatic carbocycles. The zero-order valence-corrected chi connectivity index (χ0v) is 44.8. The summed E-state index contributed by atoms with van der Waals surface area (Å²) in [6.07, 6.45) is 53.4. The second-order valence-electron chi connectivity index (χ2n) is 18.1. The van der Waals surface area contributed by atoms with Crippen LogP contribution < -0.4 is 0 Å². The summed E-state index contributed by atoms with van der Waals surface area (Å²) < 4.78 is 28.2. The Bertz CT molecular complexity index is 1730. The maximum absolute atomic E-state index is 13.1. The number of hydrogen-bond acceptors (Lipinski definition) is 11. The highest BCUT2D eigenvalue weighted by Gasteiger charge is 2.50. The van der Waals surface area contributed by atoms with E-state index < -0.39 is 67.3 Å². The summed E-state index contributed by atoms with van der Waals surface area (Å²) >= 11 is 0. The lowest BCUT2D eigenvalue weighted by molar-refractivity contribution is -0.301. The minimum atomic E-state index is -1.93. The Morgan fingerprint density at radius 1 is 0.452 bits per heavy atom. The number of carboxylic acid groups (broad SMARTS) is 1. The average molecular weight is 1020 g/mol. The predicted molar refractivity (Wildman–Crippen MR) is 293 cm³/mol. The van der Waals surface area contributed by atoms with Gasteiger partial charge in [-0.1, -0.05) is 181 Å². The van der Waals surface area contributed by atoms with E-state index in [2.05, 4.69) is 130 Å². The van der Waals surface area contributed by atoms with Crippen LogP contribution in [0.5, 0.6) is 0 Å². The van der Waals surface area contributed by atoms with Crippen molar-refractivity contribution in [3.05, 3.63) is 122 Å². The molecule has 0 bridgehead atoms. The molecule has 0 radical (unpaired) electrons. The number of rotatable bonds is 44. The van der Waals surface area contributed by atoms with Gasteiger partial charge in [-0.3, -0.25) is 14.4 Å². The average Bonchev–Trinajstić information content (AvgIpc) is 3.37. The minimum Gasteiger partial charge on any atom is -0.479 e. The summed E-state index contributed by atoms with van der Waals surface area (Å²) in [6.45, 7) is 5.53. The minimum absolute atomic E-state index is 0.00975. The lowest BCUT2D eigenvalue weighted by Gasteiger charge is -2.40. The number of carbonyl (C=O) groups excluding carboxylic acids is 3. The fraction of sp³-hybridized carbons (Fsp3) is 0.607. The van der Waals surface area contributed by atoms with Gasteiger partial charge in [0.25, 0.3) is 0 Å². The van der Waals surface area contributed by atoms with Gasteiger partial charge in [-0.05, 0) is 109 Å². The molecule has 73 heavy (non-hydrogen) atoms. The van der Waals surface area contributed by atoms with E-state index in [-0.39, 0.29) is 25.9 Å². The van der Waals surface area contributed by atoms with Crippen molar-refractivity contribution in [3.63, 3.8) is 0 Å². The molecular formula is C61H94O12. The molecule has 1 fully saturated rings. The molecule has 1 heterocycles. The van der Waals surface area contributed by atoms with Crippen LogP contribution in [0.1, 0.15) is 188 Å². The lowest BCUT2D eigenvalue weighted by Crippen LogP contribution is -2.61. The van der Waals surface area contributed by atoms with Gasteiger partial charge in [-0.15, -0.1) is 0 Å².